The summed E-state index contributed by atoms with van der Waals surface area (Å²) in [6, 6.07) is -0.133. The van der Waals surface area contributed by atoms with E-state index in [1.165, 1.54) is 0 Å². The number of carbonyl (C=O) groups excluding carboxylic acids is 1. The number of hydrogen-bond donors (Lipinski definition) is 2. The van der Waals surface area contributed by atoms with Gasteiger partial charge >= 0.3 is 12.0 Å². The van der Waals surface area contributed by atoms with Crippen LogP contribution in [-0.4, -0.2) is 51.4 Å². The van der Waals surface area contributed by atoms with E-state index in [1.54, 1.807) is 22.7 Å². The zero-order valence-electron chi connectivity index (χ0n) is 12.5. The van der Waals surface area contributed by atoms with E-state index in [0.29, 0.717) is 39.0 Å². The monoisotopic (exact) mass is 294 g/mol. The predicted octanol–water partition coefficient (Wildman–Crippen LogP) is 1.09. The Morgan fingerprint density at radius 2 is 2.10 bits per heavy atom. The number of aliphatic carboxylic acids is 1. The molecule has 1 aromatic rings. The van der Waals surface area contributed by atoms with Crippen molar-refractivity contribution < 1.29 is 14.7 Å². The van der Waals surface area contributed by atoms with Crippen molar-refractivity contribution in [2.75, 3.05) is 19.6 Å². The number of rotatable bonds is 4. The molecule has 2 amide bonds. The molecule has 0 atom stereocenters. The molecule has 0 spiro atoms. The average molecular weight is 294 g/mol. The number of carboxylic acids is 1. The number of nitrogens with one attached hydrogen (secondary N) is 1. The molecule has 2 N–H and O–H groups in total. The van der Waals surface area contributed by atoms with E-state index in [4.69, 9.17) is 5.11 Å². The average Bonchev–Trinajstić information content (AvgIpc) is 2.85. The van der Waals surface area contributed by atoms with E-state index in [9.17, 15) is 9.59 Å². The third-order valence-electron chi connectivity index (χ3n) is 4.05. The molecule has 0 radical (unpaired) electrons. The second-order valence-corrected chi connectivity index (χ2v) is 5.87. The molecule has 1 fully saturated rings. The van der Waals surface area contributed by atoms with Crippen LogP contribution in [0.2, 0.25) is 0 Å². The van der Waals surface area contributed by atoms with Crippen molar-refractivity contribution in [1.29, 1.82) is 0 Å². The van der Waals surface area contributed by atoms with Gasteiger partial charge in [0.2, 0.25) is 0 Å². The maximum absolute atomic E-state index is 12.0. The fourth-order valence-corrected chi connectivity index (χ4v) is 2.40. The van der Waals surface area contributed by atoms with Crippen LogP contribution < -0.4 is 5.32 Å². The van der Waals surface area contributed by atoms with Gasteiger partial charge in [0.1, 0.15) is 0 Å². The standard InChI is InChI=1S/C14H22N4O3/c1-11-9-16-18(10-11)8-5-15-13(21)17-6-3-14(2,4-7-17)12(19)20/h9-10H,3-8H2,1-2H3,(H,15,21)(H,19,20). The molecule has 7 heteroatoms. The summed E-state index contributed by atoms with van der Waals surface area (Å²) >= 11 is 0. The Morgan fingerprint density at radius 3 is 2.62 bits per heavy atom. The Kier molecular flexibility index (Phi) is 4.50. The number of nitrogens with zero attached hydrogens (tertiary/aromatic N) is 3. The van der Waals surface area contributed by atoms with Gasteiger partial charge in [0.15, 0.2) is 0 Å². The minimum Gasteiger partial charge on any atom is -0.481 e. The van der Waals surface area contributed by atoms with Crippen molar-refractivity contribution in [3.8, 4) is 0 Å². The summed E-state index contributed by atoms with van der Waals surface area (Å²) in [5.74, 6) is -0.781. The molecule has 7 nitrogen and oxygen atoms in total. The Hall–Kier alpha value is -2.05. The lowest BCUT2D eigenvalue weighted by atomic mass is 9.80. The lowest BCUT2D eigenvalue weighted by Crippen LogP contribution is -2.49. The number of amides is 2. The molecular formula is C14H22N4O3. The molecule has 0 bridgehead atoms. The number of likely N-dealkylation sites (tertiary alicyclic amines) is 1. The van der Waals surface area contributed by atoms with Crippen LogP contribution in [0.25, 0.3) is 0 Å². The molecule has 0 aliphatic carbocycles. The minimum absolute atomic E-state index is 0.133. The summed E-state index contributed by atoms with van der Waals surface area (Å²) in [5.41, 5.74) is 0.383. The highest BCUT2D eigenvalue weighted by atomic mass is 16.4. The smallest absolute Gasteiger partial charge is 0.317 e. The minimum atomic E-state index is -0.781. The van der Waals surface area contributed by atoms with Crippen LogP contribution in [-0.2, 0) is 11.3 Å². The molecule has 21 heavy (non-hydrogen) atoms. The quantitative estimate of drug-likeness (QED) is 0.870. The largest absolute Gasteiger partial charge is 0.481 e. The molecular weight excluding hydrogens is 272 g/mol. The molecule has 0 unspecified atom stereocenters. The number of hydrogen-bond acceptors (Lipinski definition) is 3. The number of aromatic nitrogens is 2. The van der Waals surface area contributed by atoms with Crippen molar-refractivity contribution in [2.45, 2.75) is 33.2 Å². The van der Waals surface area contributed by atoms with Gasteiger partial charge in [0.05, 0.1) is 18.2 Å². The number of carboxylic acid groups (broad SMARTS) is 1. The third kappa shape index (κ3) is 3.74. The van der Waals surface area contributed by atoms with Crippen molar-refractivity contribution in [3.63, 3.8) is 0 Å². The molecule has 116 valence electrons. The molecule has 1 aromatic heterocycles. The molecule has 2 rings (SSSR count). The van der Waals surface area contributed by atoms with E-state index in [0.717, 1.165) is 5.56 Å². The molecule has 0 aromatic carbocycles. The van der Waals surface area contributed by atoms with Gasteiger partial charge in [-0.3, -0.25) is 9.48 Å². The van der Waals surface area contributed by atoms with Crippen LogP contribution in [0.3, 0.4) is 0 Å². The highest BCUT2D eigenvalue weighted by Gasteiger charge is 2.37. The van der Waals surface area contributed by atoms with Gasteiger partial charge in [-0.1, -0.05) is 0 Å². The summed E-state index contributed by atoms with van der Waals surface area (Å²) in [7, 11) is 0. The Bertz CT molecular complexity index is 518. The van der Waals surface area contributed by atoms with E-state index in [-0.39, 0.29) is 6.03 Å². The first kappa shape index (κ1) is 15.3. The van der Waals surface area contributed by atoms with Gasteiger partial charge in [-0.2, -0.15) is 5.10 Å². The molecule has 0 saturated carbocycles. The Labute approximate surface area is 123 Å². The lowest BCUT2D eigenvalue weighted by Gasteiger charge is -2.36. The van der Waals surface area contributed by atoms with Gasteiger partial charge in [0.25, 0.3) is 0 Å². The molecule has 1 saturated heterocycles. The predicted molar refractivity (Wildman–Crippen MR) is 76.9 cm³/mol. The number of carbonyl (C=O) groups is 2. The first-order valence-corrected chi connectivity index (χ1v) is 7.16. The van der Waals surface area contributed by atoms with Crippen LogP contribution in [0.4, 0.5) is 4.79 Å². The van der Waals surface area contributed by atoms with Crippen molar-refractivity contribution in [2.24, 2.45) is 5.41 Å². The third-order valence-corrected chi connectivity index (χ3v) is 4.05. The molecule has 2 heterocycles. The van der Waals surface area contributed by atoms with Crippen LogP contribution >= 0.6 is 0 Å². The molecule has 1 aliphatic rings. The van der Waals surface area contributed by atoms with Gasteiger partial charge in [0, 0.05) is 25.8 Å². The zero-order chi connectivity index (χ0) is 15.5. The summed E-state index contributed by atoms with van der Waals surface area (Å²) in [6.07, 6.45) is 4.69. The van der Waals surface area contributed by atoms with E-state index in [2.05, 4.69) is 10.4 Å². The topological polar surface area (TPSA) is 87.5 Å². The second-order valence-electron chi connectivity index (χ2n) is 5.87. The number of piperidine rings is 1. The highest BCUT2D eigenvalue weighted by Crippen LogP contribution is 2.30. The van der Waals surface area contributed by atoms with Crippen molar-refractivity contribution in [3.05, 3.63) is 18.0 Å². The summed E-state index contributed by atoms with van der Waals surface area (Å²) < 4.78 is 1.79. The van der Waals surface area contributed by atoms with Gasteiger partial charge in [-0.25, -0.2) is 4.79 Å². The summed E-state index contributed by atoms with van der Waals surface area (Å²) in [4.78, 5) is 24.8. The van der Waals surface area contributed by atoms with E-state index >= 15 is 0 Å². The normalized spacial score (nSPS) is 17.5. The SMILES string of the molecule is Cc1cnn(CCNC(=O)N2CCC(C)(C(=O)O)CC2)c1. The molecule has 1 aliphatic heterocycles. The Balaban J connectivity index is 1.74. The zero-order valence-corrected chi connectivity index (χ0v) is 12.5. The Morgan fingerprint density at radius 1 is 1.43 bits per heavy atom. The first-order chi connectivity index (χ1) is 9.90. The fraction of sp³-hybridized carbons (Fsp3) is 0.643. The van der Waals surface area contributed by atoms with Crippen LogP contribution in [0, 0.1) is 12.3 Å². The summed E-state index contributed by atoms with van der Waals surface area (Å²) in [6.45, 7) is 5.80. The van der Waals surface area contributed by atoms with E-state index in [1.807, 2.05) is 13.1 Å². The van der Waals surface area contributed by atoms with Crippen LogP contribution in [0.1, 0.15) is 25.3 Å². The highest BCUT2D eigenvalue weighted by molar-refractivity contribution is 5.76. The number of urea groups is 1. The lowest BCUT2D eigenvalue weighted by molar-refractivity contribution is -0.150. The second kappa shape index (κ2) is 6.15. The fourth-order valence-electron chi connectivity index (χ4n) is 2.40. The number of aryl methyl sites for hydroxylation is 1. The summed E-state index contributed by atoms with van der Waals surface area (Å²) in [5, 5.41) is 16.2. The van der Waals surface area contributed by atoms with Gasteiger partial charge < -0.3 is 15.3 Å². The van der Waals surface area contributed by atoms with Crippen LogP contribution in [0.5, 0.6) is 0 Å². The van der Waals surface area contributed by atoms with Gasteiger partial charge in [-0.05, 0) is 32.3 Å². The van der Waals surface area contributed by atoms with Crippen LogP contribution in [0.15, 0.2) is 12.4 Å². The maximum Gasteiger partial charge on any atom is 0.317 e. The van der Waals surface area contributed by atoms with Crippen molar-refractivity contribution in [1.82, 2.24) is 20.0 Å². The first-order valence-electron chi connectivity index (χ1n) is 7.16. The van der Waals surface area contributed by atoms with E-state index < -0.39 is 11.4 Å². The van der Waals surface area contributed by atoms with Gasteiger partial charge in [-0.15, -0.1) is 0 Å². The van der Waals surface area contributed by atoms with Crippen molar-refractivity contribution >= 4 is 12.0 Å². The maximum atomic E-state index is 12.0.